The molecule has 0 bridgehead atoms. The van der Waals surface area contributed by atoms with Gasteiger partial charge < -0.3 is 9.64 Å². The van der Waals surface area contributed by atoms with Crippen molar-refractivity contribution in [3.63, 3.8) is 0 Å². The predicted octanol–water partition coefficient (Wildman–Crippen LogP) is 2.47. The molecule has 1 aromatic rings. The number of morpholine rings is 1. The number of rotatable bonds is 2. The molecule has 1 aliphatic carbocycles. The number of hydrogen-bond acceptors (Lipinski definition) is 4. The maximum Gasteiger partial charge on any atom is 0.116 e. The number of nitrogens with zero attached hydrogens (tertiary/aromatic N) is 2. The largest absolute Gasteiger partial charge is 0.378 e. The molecule has 1 saturated carbocycles. The maximum atomic E-state index is 5.38. The van der Waals surface area contributed by atoms with Gasteiger partial charge in [0.05, 0.1) is 18.9 Å². The quantitative estimate of drug-likeness (QED) is 0.816. The van der Waals surface area contributed by atoms with Gasteiger partial charge in [-0.2, -0.15) is 0 Å². The number of anilines is 1. The molecule has 0 unspecified atom stereocenters. The van der Waals surface area contributed by atoms with Crippen molar-refractivity contribution in [3.05, 3.63) is 17.8 Å². The number of thiol groups is 1. The van der Waals surface area contributed by atoms with Crippen LogP contribution in [0, 0.1) is 0 Å². The summed E-state index contributed by atoms with van der Waals surface area (Å²) in [5, 5.41) is 0.843. The van der Waals surface area contributed by atoms with Gasteiger partial charge in [-0.15, -0.1) is 12.6 Å². The van der Waals surface area contributed by atoms with E-state index in [2.05, 4.69) is 28.6 Å². The zero-order chi connectivity index (χ0) is 11.7. The van der Waals surface area contributed by atoms with Crippen molar-refractivity contribution in [2.75, 3.05) is 31.2 Å². The second-order valence-electron chi connectivity index (χ2n) is 4.84. The van der Waals surface area contributed by atoms with Crippen molar-refractivity contribution < 1.29 is 4.74 Å². The Kier molecular flexibility index (Phi) is 3.25. The van der Waals surface area contributed by atoms with Gasteiger partial charge in [0.15, 0.2) is 0 Å². The molecule has 17 heavy (non-hydrogen) atoms. The minimum absolute atomic E-state index is 0.733. The van der Waals surface area contributed by atoms with Gasteiger partial charge in [0, 0.05) is 19.3 Å². The Morgan fingerprint density at radius 2 is 2.06 bits per heavy atom. The van der Waals surface area contributed by atoms with E-state index in [0.29, 0.717) is 0 Å². The van der Waals surface area contributed by atoms with Crippen LogP contribution in [0.25, 0.3) is 0 Å². The third-order valence-corrected chi connectivity index (χ3v) is 4.14. The first kappa shape index (κ1) is 11.4. The van der Waals surface area contributed by atoms with E-state index in [1.807, 2.05) is 6.20 Å². The predicted molar refractivity (Wildman–Crippen MR) is 71.1 cm³/mol. The first-order valence-corrected chi connectivity index (χ1v) is 6.81. The van der Waals surface area contributed by atoms with E-state index in [1.165, 1.54) is 30.5 Å². The van der Waals surface area contributed by atoms with Crippen molar-refractivity contribution in [2.45, 2.75) is 30.2 Å². The number of hydrogen-bond donors (Lipinski definition) is 1. The lowest BCUT2D eigenvalue weighted by Gasteiger charge is -2.31. The minimum Gasteiger partial charge on any atom is -0.378 e. The molecule has 0 N–H and O–H groups in total. The molecule has 0 radical (unpaired) electrons. The summed E-state index contributed by atoms with van der Waals surface area (Å²) in [6, 6.07) is 2.28. The van der Waals surface area contributed by atoms with Gasteiger partial charge in [0.1, 0.15) is 5.03 Å². The molecule has 0 atom stereocenters. The molecule has 3 nitrogen and oxygen atoms in total. The van der Waals surface area contributed by atoms with Crippen LogP contribution in [-0.4, -0.2) is 31.3 Å². The van der Waals surface area contributed by atoms with E-state index in [0.717, 1.165) is 37.2 Å². The van der Waals surface area contributed by atoms with Crippen molar-refractivity contribution in [1.82, 2.24) is 4.98 Å². The first-order chi connectivity index (χ1) is 8.34. The van der Waals surface area contributed by atoms with E-state index < -0.39 is 0 Å². The molecule has 2 heterocycles. The lowest BCUT2D eigenvalue weighted by atomic mass is 9.80. The van der Waals surface area contributed by atoms with Crippen LogP contribution in [0.15, 0.2) is 17.3 Å². The smallest absolute Gasteiger partial charge is 0.116 e. The molecule has 0 amide bonds. The topological polar surface area (TPSA) is 25.4 Å². The van der Waals surface area contributed by atoms with E-state index in [-0.39, 0.29) is 0 Å². The molecule has 1 aliphatic heterocycles. The van der Waals surface area contributed by atoms with Gasteiger partial charge in [-0.25, -0.2) is 4.98 Å². The minimum atomic E-state index is 0.733. The molecule has 0 spiro atoms. The normalized spacial score (nSPS) is 21.4. The zero-order valence-electron chi connectivity index (χ0n) is 9.93. The van der Waals surface area contributed by atoms with Crippen LogP contribution in [0.3, 0.4) is 0 Å². The monoisotopic (exact) mass is 250 g/mol. The SMILES string of the molecule is Sc1ncc(C2CCC2)cc1N1CCOCC1. The third kappa shape index (κ3) is 2.29. The lowest BCUT2D eigenvalue weighted by molar-refractivity contribution is 0.122. The molecular weight excluding hydrogens is 232 g/mol. The third-order valence-electron chi connectivity index (χ3n) is 3.80. The van der Waals surface area contributed by atoms with Gasteiger partial charge in [0.25, 0.3) is 0 Å². The van der Waals surface area contributed by atoms with Crippen LogP contribution >= 0.6 is 12.6 Å². The van der Waals surface area contributed by atoms with Crippen LogP contribution < -0.4 is 4.90 Å². The molecule has 2 fully saturated rings. The second kappa shape index (κ2) is 4.86. The highest BCUT2D eigenvalue weighted by Crippen LogP contribution is 2.38. The summed E-state index contributed by atoms with van der Waals surface area (Å²) in [6.45, 7) is 3.51. The highest BCUT2D eigenvalue weighted by atomic mass is 32.1. The molecule has 2 aliphatic rings. The average Bonchev–Trinajstić information content (AvgIpc) is 2.30. The fourth-order valence-corrected chi connectivity index (χ4v) is 2.73. The van der Waals surface area contributed by atoms with Gasteiger partial charge in [0.2, 0.25) is 0 Å². The van der Waals surface area contributed by atoms with Crippen molar-refractivity contribution in [2.24, 2.45) is 0 Å². The Bertz CT molecular complexity index is 400. The van der Waals surface area contributed by atoms with Crippen LogP contribution in [-0.2, 0) is 4.74 Å². The maximum absolute atomic E-state index is 5.38. The molecule has 0 aromatic carbocycles. The fraction of sp³-hybridized carbons (Fsp3) is 0.615. The number of pyridine rings is 1. The average molecular weight is 250 g/mol. The Morgan fingerprint density at radius 1 is 1.29 bits per heavy atom. The number of ether oxygens (including phenoxy) is 1. The van der Waals surface area contributed by atoms with Gasteiger partial charge in [-0.05, 0) is 30.4 Å². The van der Waals surface area contributed by atoms with E-state index >= 15 is 0 Å². The van der Waals surface area contributed by atoms with Crippen molar-refractivity contribution in [1.29, 1.82) is 0 Å². The second-order valence-corrected chi connectivity index (χ2v) is 5.26. The summed E-state index contributed by atoms with van der Waals surface area (Å²) < 4.78 is 5.38. The van der Waals surface area contributed by atoms with E-state index in [9.17, 15) is 0 Å². The van der Waals surface area contributed by atoms with Crippen LogP contribution in [0.2, 0.25) is 0 Å². The molecule has 4 heteroatoms. The first-order valence-electron chi connectivity index (χ1n) is 6.36. The van der Waals surface area contributed by atoms with Gasteiger partial charge in [-0.1, -0.05) is 6.42 Å². The summed E-state index contributed by atoms with van der Waals surface area (Å²) >= 11 is 4.48. The number of aromatic nitrogens is 1. The van der Waals surface area contributed by atoms with Crippen LogP contribution in [0.5, 0.6) is 0 Å². The summed E-state index contributed by atoms with van der Waals surface area (Å²) in [4.78, 5) is 6.77. The van der Waals surface area contributed by atoms with E-state index in [4.69, 9.17) is 4.74 Å². The molecular formula is C13H18N2OS. The van der Waals surface area contributed by atoms with Crippen molar-refractivity contribution >= 4 is 18.3 Å². The van der Waals surface area contributed by atoms with Crippen LogP contribution in [0.1, 0.15) is 30.7 Å². The summed E-state index contributed by atoms with van der Waals surface area (Å²) in [6.07, 6.45) is 5.99. The molecule has 1 aromatic heterocycles. The van der Waals surface area contributed by atoms with E-state index in [1.54, 1.807) is 0 Å². The standard InChI is InChI=1S/C13H18N2OS/c17-13-12(15-4-6-16-7-5-15)8-11(9-14-13)10-2-1-3-10/h8-10H,1-7H2,(H,14,17). The summed E-state index contributed by atoms with van der Waals surface area (Å²) in [5.74, 6) is 0.733. The molecule has 3 rings (SSSR count). The Balaban J connectivity index is 1.85. The van der Waals surface area contributed by atoms with Crippen molar-refractivity contribution in [3.8, 4) is 0 Å². The Labute approximate surface area is 108 Å². The lowest BCUT2D eigenvalue weighted by Crippen LogP contribution is -2.36. The zero-order valence-corrected chi connectivity index (χ0v) is 10.8. The summed E-state index contributed by atoms with van der Waals surface area (Å²) in [5.41, 5.74) is 2.57. The molecule has 92 valence electrons. The van der Waals surface area contributed by atoms with Gasteiger partial charge >= 0.3 is 0 Å². The Morgan fingerprint density at radius 3 is 2.71 bits per heavy atom. The highest BCUT2D eigenvalue weighted by Gasteiger charge is 2.22. The fourth-order valence-electron chi connectivity index (χ4n) is 2.46. The highest BCUT2D eigenvalue weighted by molar-refractivity contribution is 7.80. The Hall–Kier alpha value is -0.740. The van der Waals surface area contributed by atoms with Crippen LogP contribution in [0.4, 0.5) is 5.69 Å². The molecule has 1 saturated heterocycles. The summed E-state index contributed by atoms with van der Waals surface area (Å²) in [7, 11) is 0. The van der Waals surface area contributed by atoms with Gasteiger partial charge in [-0.3, -0.25) is 0 Å².